The Morgan fingerprint density at radius 3 is 2.27 bits per heavy atom. The maximum atomic E-state index is 11.8. The van der Waals surface area contributed by atoms with Crippen LogP contribution in [0.4, 0.5) is 13.2 Å². The van der Waals surface area contributed by atoms with E-state index < -0.39 is 12.1 Å². The van der Waals surface area contributed by atoms with E-state index in [2.05, 4.69) is 0 Å². The van der Waals surface area contributed by atoms with Crippen LogP contribution in [0.3, 0.4) is 0 Å². The highest BCUT2D eigenvalue weighted by atomic mass is 19.4. The molecule has 3 heteroatoms. The highest BCUT2D eigenvalue weighted by molar-refractivity contribution is 4.89. The van der Waals surface area contributed by atoms with Crippen LogP contribution in [0.15, 0.2) is 12.2 Å². The van der Waals surface area contributed by atoms with Crippen molar-refractivity contribution in [2.45, 2.75) is 32.9 Å². The summed E-state index contributed by atoms with van der Waals surface area (Å²) in [5.41, 5.74) is 0. The number of hydrogen-bond acceptors (Lipinski definition) is 0. The lowest BCUT2D eigenvalue weighted by Gasteiger charge is -2.10. The molecule has 0 aromatic rings. The van der Waals surface area contributed by atoms with Crippen LogP contribution in [0.25, 0.3) is 0 Å². The molecule has 0 fully saturated rings. The van der Waals surface area contributed by atoms with Gasteiger partial charge in [-0.2, -0.15) is 13.2 Å². The lowest BCUT2D eigenvalue weighted by Crippen LogP contribution is -2.17. The van der Waals surface area contributed by atoms with Gasteiger partial charge in [-0.15, -0.1) is 0 Å². The number of rotatable bonds is 3. The van der Waals surface area contributed by atoms with Crippen molar-refractivity contribution >= 4 is 0 Å². The number of unbranched alkanes of at least 4 members (excludes halogenated alkanes) is 1. The van der Waals surface area contributed by atoms with Gasteiger partial charge in [0, 0.05) is 0 Å². The summed E-state index contributed by atoms with van der Waals surface area (Å²) in [6, 6.07) is 0. The molecule has 0 spiro atoms. The van der Waals surface area contributed by atoms with Crippen molar-refractivity contribution in [3.63, 3.8) is 0 Å². The molecule has 0 saturated carbocycles. The molecule has 0 heterocycles. The van der Waals surface area contributed by atoms with Crippen molar-refractivity contribution in [3.8, 4) is 0 Å². The summed E-state index contributed by atoms with van der Waals surface area (Å²) in [6.07, 6.45) is 0.327. The Morgan fingerprint density at radius 2 is 1.91 bits per heavy atom. The predicted octanol–water partition coefficient (Wildman–Crippen LogP) is 3.54. The summed E-state index contributed by atoms with van der Waals surface area (Å²) in [5, 5.41) is 0. The van der Waals surface area contributed by atoms with Gasteiger partial charge in [-0.3, -0.25) is 0 Å². The van der Waals surface area contributed by atoms with Crippen molar-refractivity contribution < 1.29 is 13.2 Å². The van der Waals surface area contributed by atoms with Crippen LogP contribution >= 0.6 is 0 Å². The van der Waals surface area contributed by atoms with Gasteiger partial charge in [-0.05, 0) is 6.42 Å². The molecule has 1 unspecified atom stereocenters. The van der Waals surface area contributed by atoms with E-state index in [9.17, 15) is 13.2 Å². The molecular weight excluding hydrogens is 153 g/mol. The minimum atomic E-state index is -4.08. The molecule has 0 bridgehead atoms. The van der Waals surface area contributed by atoms with Crippen LogP contribution in [-0.4, -0.2) is 6.18 Å². The molecule has 0 aliphatic carbocycles. The fraction of sp³-hybridized carbons (Fsp3) is 0.750. The normalized spacial score (nSPS) is 15.7. The molecule has 0 amide bonds. The van der Waals surface area contributed by atoms with E-state index in [-0.39, 0.29) is 0 Å². The Morgan fingerprint density at radius 1 is 1.36 bits per heavy atom. The zero-order valence-corrected chi connectivity index (χ0v) is 6.78. The zero-order valence-electron chi connectivity index (χ0n) is 6.78. The summed E-state index contributed by atoms with van der Waals surface area (Å²) in [6.45, 7) is 3.09. The fourth-order valence-corrected chi connectivity index (χ4v) is 0.576. The van der Waals surface area contributed by atoms with E-state index in [4.69, 9.17) is 0 Å². The van der Waals surface area contributed by atoms with E-state index >= 15 is 0 Å². The predicted molar refractivity (Wildman–Crippen MR) is 39.3 cm³/mol. The number of allylic oxidation sites excluding steroid dienone is 2. The maximum absolute atomic E-state index is 11.8. The van der Waals surface area contributed by atoms with Gasteiger partial charge in [0.1, 0.15) is 0 Å². The molecule has 0 aliphatic heterocycles. The Labute approximate surface area is 65.1 Å². The van der Waals surface area contributed by atoms with Gasteiger partial charge < -0.3 is 0 Å². The second-order valence-corrected chi connectivity index (χ2v) is 2.55. The van der Waals surface area contributed by atoms with Crippen molar-refractivity contribution in [2.24, 2.45) is 5.92 Å². The van der Waals surface area contributed by atoms with Crippen LogP contribution in [-0.2, 0) is 0 Å². The zero-order chi connectivity index (χ0) is 8.91. The van der Waals surface area contributed by atoms with Crippen LogP contribution < -0.4 is 0 Å². The molecule has 66 valence electrons. The Hall–Kier alpha value is -0.470. The first-order valence-electron chi connectivity index (χ1n) is 3.71. The smallest absolute Gasteiger partial charge is 0.170 e. The summed E-state index contributed by atoms with van der Waals surface area (Å²) >= 11 is 0. The minimum Gasteiger partial charge on any atom is -0.170 e. The summed E-state index contributed by atoms with van der Waals surface area (Å²) in [5.74, 6) is -1.31. The topological polar surface area (TPSA) is 0 Å². The van der Waals surface area contributed by atoms with Crippen molar-refractivity contribution in [3.05, 3.63) is 12.2 Å². The summed E-state index contributed by atoms with van der Waals surface area (Å²) in [7, 11) is 0. The number of hydrogen-bond donors (Lipinski definition) is 0. The minimum absolute atomic E-state index is 0.723. The van der Waals surface area contributed by atoms with Crippen LogP contribution in [0, 0.1) is 5.92 Å². The van der Waals surface area contributed by atoms with E-state index in [0.717, 1.165) is 19.8 Å². The Balaban J connectivity index is 3.77. The summed E-state index contributed by atoms with van der Waals surface area (Å²) < 4.78 is 35.5. The van der Waals surface area contributed by atoms with Gasteiger partial charge in [-0.1, -0.05) is 32.4 Å². The second-order valence-electron chi connectivity index (χ2n) is 2.55. The molecule has 0 aromatic carbocycles. The average Bonchev–Trinajstić information content (AvgIpc) is 1.86. The lowest BCUT2D eigenvalue weighted by molar-refractivity contribution is -0.156. The Kier molecular flexibility index (Phi) is 4.23. The maximum Gasteiger partial charge on any atom is 0.394 e. The SMILES string of the molecule is CCC/C=C/C(C)C(F)(F)F. The van der Waals surface area contributed by atoms with E-state index in [1.165, 1.54) is 6.08 Å². The third-order valence-electron chi connectivity index (χ3n) is 1.40. The van der Waals surface area contributed by atoms with Crippen LogP contribution in [0.1, 0.15) is 26.7 Å². The Bertz CT molecular complexity index is 124. The highest BCUT2D eigenvalue weighted by Gasteiger charge is 2.33. The quantitative estimate of drug-likeness (QED) is 0.562. The molecule has 11 heavy (non-hydrogen) atoms. The van der Waals surface area contributed by atoms with Gasteiger partial charge in [0.25, 0.3) is 0 Å². The first-order chi connectivity index (χ1) is 4.98. The average molecular weight is 166 g/mol. The van der Waals surface area contributed by atoms with Gasteiger partial charge in [0.2, 0.25) is 0 Å². The molecule has 0 saturated heterocycles. The molecule has 0 aliphatic rings. The fourth-order valence-electron chi connectivity index (χ4n) is 0.576. The molecule has 0 radical (unpaired) electrons. The van der Waals surface area contributed by atoms with Gasteiger partial charge in [-0.25, -0.2) is 0 Å². The van der Waals surface area contributed by atoms with Gasteiger partial charge in [0.05, 0.1) is 5.92 Å². The van der Waals surface area contributed by atoms with Crippen LogP contribution in [0.5, 0.6) is 0 Å². The monoisotopic (exact) mass is 166 g/mol. The van der Waals surface area contributed by atoms with Crippen molar-refractivity contribution in [1.29, 1.82) is 0 Å². The first kappa shape index (κ1) is 10.5. The van der Waals surface area contributed by atoms with E-state index in [0.29, 0.717) is 0 Å². The van der Waals surface area contributed by atoms with Crippen molar-refractivity contribution in [2.75, 3.05) is 0 Å². The van der Waals surface area contributed by atoms with Crippen LogP contribution in [0.2, 0.25) is 0 Å². The molecule has 0 N–H and O–H groups in total. The summed E-state index contributed by atoms with van der Waals surface area (Å²) in [4.78, 5) is 0. The molecule has 0 aromatic heterocycles. The number of alkyl halides is 3. The highest BCUT2D eigenvalue weighted by Crippen LogP contribution is 2.26. The number of halogens is 3. The lowest BCUT2D eigenvalue weighted by atomic mass is 10.1. The van der Waals surface area contributed by atoms with Gasteiger partial charge in [0.15, 0.2) is 0 Å². The van der Waals surface area contributed by atoms with Crippen molar-refractivity contribution in [1.82, 2.24) is 0 Å². The standard InChI is InChI=1S/C8H13F3/c1-3-4-5-6-7(2)8(9,10)11/h5-7H,3-4H2,1-2H3/b6-5+. The van der Waals surface area contributed by atoms with E-state index in [1.807, 2.05) is 6.92 Å². The second kappa shape index (κ2) is 4.42. The first-order valence-corrected chi connectivity index (χ1v) is 3.71. The largest absolute Gasteiger partial charge is 0.394 e. The molecule has 1 atom stereocenters. The molecule has 0 rings (SSSR count). The molecule has 0 nitrogen and oxygen atoms in total. The molecular formula is C8H13F3. The third-order valence-corrected chi connectivity index (χ3v) is 1.40. The van der Waals surface area contributed by atoms with E-state index in [1.54, 1.807) is 6.08 Å². The van der Waals surface area contributed by atoms with Gasteiger partial charge >= 0.3 is 6.18 Å². The third kappa shape index (κ3) is 4.87.